The Morgan fingerprint density at radius 3 is 2.35 bits per heavy atom. The van der Waals surface area contributed by atoms with E-state index in [1.54, 1.807) is 37.3 Å². The van der Waals surface area contributed by atoms with Crippen molar-refractivity contribution in [2.45, 2.75) is 32.6 Å². The van der Waals surface area contributed by atoms with Gasteiger partial charge in [0, 0.05) is 10.0 Å². The molecule has 2 aromatic carbocycles. The number of ether oxygens (including phenoxy) is 1. The predicted molar refractivity (Wildman–Crippen MR) is 100 cm³/mol. The van der Waals surface area contributed by atoms with E-state index >= 15 is 0 Å². The van der Waals surface area contributed by atoms with Crippen LogP contribution in [0.2, 0.25) is 10.0 Å². The molecular formula is C19H19Cl2NO4. The Hall–Kier alpha value is -2.08. The lowest BCUT2D eigenvalue weighted by Gasteiger charge is -2.19. The summed E-state index contributed by atoms with van der Waals surface area (Å²) >= 11 is 12.0. The Morgan fingerprint density at radius 2 is 1.77 bits per heavy atom. The first-order valence-corrected chi connectivity index (χ1v) is 8.73. The average molecular weight is 396 g/mol. The molecule has 26 heavy (non-hydrogen) atoms. The minimum atomic E-state index is -0.978. The summed E-state index contributed by atoms with van der Waals surface area (Å²) in [5.41, 5.74) is 1.69. The Labute approximate surface area is 161 Å². The summed E-state index contributed by atoms with van der Waals surface area (Å²) in [6.45, 7) is 3.15. The van der Waals surface area contributed by atoms with Gasteiger partial charge < -0.3 is 15.2 Å². The monoisotopic (exact) mass is 395 g/mol. The number of esters is 1. The fourth-order valence-corrected chi connectivity index (χ4v) is 2.86. The summed E-state index contributed by atoms with van der Waals surface area (Å²) in [5.74, 6) is -1.06. The normalized spacial score (nSPS) is 13.0. The summed E-state index contributed by atoms with van der Waals surface area (Å²) in [4.78, 5) is 24.4. The molecule has 2 aromatic rings. The maximum absolute atomic E-state index is 12.3. The highest BCUT2D eigenvalue weighted by molar-refractivity contribution is 6.35. The number of aliphatic hydroxyl groups excluding tert-OH is 1. The molecule has 0 aliphatic rings. The van der Waals surface area contributed by atoms with Crippen molar-refractivity contribution < 1.29 is 19.4 Å². The van der Waals surface area contributed by atoms with Crippen LogP contribution in [0.4, 0.5) is 0 Å². The topological polar surface area (TPSA) is 75.6 Å². The molecule has 2 N–H and O–H groups in total. The zero-order valence-electron chi connectivity index (χ0n) is 14.3. The summed E-state index contributed by atoms with van der Waals surface area (Å²) in [6.07, 6.45) is -0.978. The minimum Gasteiger partial charge on any atom is -0.449 e. The molecule has 0 aliphatic heterocycles. The number of carbonyl (C=O) groups excluding carboxylic acids is 2. The third-order valence-electron chi connectivity index (χ3n) is 3.81. The highest BCUT2D eigenvalue weighted by atomic mass is 35.5. The van der Waals surface area contributed by atoms with Gasteiger partial charge in [0.25, 0.3) is 5.91 Å². The van der Waals surface area contributed by atoms with E-state index in [0.29, 0.717) is 26.7 Å². The molecule has 1 amide bonds. The van der Waals surface area contributed by atoms with Crippen molar-refractivity contribution in [3.63, 3.8) is 0 Å². The molecule has 2 rings (SSSR count). The van der Waals surface area contributed by atoms with Crippen LogP contribution >= 0.6 is 23.2 Å². The molecule has 0 spiro atoms. The number of benzene rings is 2. The number of rotatable bonds is 6. The van der Waals surface area contributed by atoms with Gasteiger partial charge >= 0.3 is 5.97 Å². The van der Waals surface area contributed by atoms with Gasteiger partial charge in [-0.2, -0.15) is 0 Å². The molecule has 0 heterocycles. The van der Waals surface area contributed by atoms with Crippen LogP contribution in [0.5, 0.6) is 0 Å². The van der Waals surface area contributed by atoms with Crippen LogP contribution in [0, 0.1) is 0 Å². The Morgan fingerprint density at radius 1 is 1.12 bits per heavy atom. The van der Waals surface area contributed by atoms with E-state index in [4.69, 9.17) is 33.0 Å². The van der Waals surface area contributed by atoms with Crippen LogP contribution in [0.15, 0.2) is 42.5 Å². The van der Waals surface area contributed by atoms with E-state index in [2.05, 4.69) is 5.32 Å². The largest absolute Gasteiger partial charge is 0.449 e. The first-order chi connectivity index (χ1) is 12.3. The quantitative estimate of drug-likeness (QED) is 0.726. The van der Waals surface area contributed by atoms with Crippen molar-refractivity contribution in [1.82, 2.24) is 5.32 Å². The smallest absolute Gasteiger partial charge is 0.338 e. The Bertz CT molecular complexity index is 793. The molecule has 0 aliphatic carbocycles. The van der Waals surface area contributed by atoms with E-state index in [1.807, 2.05) is 0 Å². The maximum Gasteiger partial charge on any atom is 0.338 e. The lowest BCUT2D eigenvalue weighted by Crippen LogP contribution is -2.37. The van der Waals surface area contributed by atoms with Crippen molar-refractivity contribution in [2.75, 3.05) is 0 Å². The van der Waals surface area contributed by atoms with Crippen molar-refractivity contribution >= 4 is 35.1 Å². The molecule has 0 aromatic heterocycles. The number of amides is 1. The molecule has 138 valence electrons. The number of hydrogen-bond donors (Lipinski definition) is 2. The molecule has 0 bridgehead atoms. The number of carbonyl (C=O) groups is 2. The highest BCUT2D eigenvalue weighted by Crippen LogP contribution is 2.26. The average Bonchev–Trinajstić information content (AvgIpc) is 2.61. The zero-order valence-corrected chi connectivity index (χ0v) is 15.8. The van der Waals surface area contributed by atoms with Gasteiger partial charge in [-0.15, -0.1) is 0 Å². The summed E-state index contributed by atoms with van der Waals surface area (Å²) in [5, 5.41) is 12.7. The fraction of sp³-hybridized carbons (Fsp3) is 0.263. The van der Waals surface area contributed by atoms with Crippen LogP contribution < -0.4 is 5.32 Å². The second kappa shape index (κ2) is 9.03. The molecule has 0 fully saturated rings. The van der Waals surface area contributed by atoms with Gasteiger partial charge in [0.15, 0.2) is 6.10 Å². The van der Waals surface area contributed by atoms with Crippen molar-refractivity contribution in [1.29, 1.82) is 0 Å². The van der Waals surface area contributed by atoms with Crippen LogP contribution in [-0.2, 0) is 16.1 Å². The first kappa shape index (κ1) is 20.2. The minimum absolute atomic E-state index is 0.112. The molecular weight excluding hydrogens is 377 g/mol. The molecule has 7 heteroatoms. The number of halogens is 2. The SMILES string of the molecule is C[C@H](OC(=O)c1ccc(CO)cc1)C(=O)N[C@@H](C)c1ccc(Cl)cc1Cl. The lowest BCUT2D eigenvalue weighted by molar-refractivity contribution is -0.129. The molecule has 0 unspecified atom stereocenters. The van der Waals surface area contributed by atoms with Gasteiger partial charge in [0.2, 0.25) is 0 Å². The second-order valence-corrected chi connectivity index (χ2v) is 6.64. The van der Waals surface area contributed by atoms with E-state index in [-0.39, 0.29) is 12.6 Å². The predicted octanol–water partition coefficient (Wildman–Crippen LogP) is 3.91. The molecule has 0 saturated carbocycles. The van der Waals surface area contributed by atoms with E-state index in [0.717, 1.165) is 0 Å². The molecule has 0 saturated heterocycles. The summed E-state index contributed by atoms with van der Waals surface area (Å²) in [7, 11) is 0. The van der Waals surface area contributed by atoms with Gasteiger partial charge in [-0.3, -0.25) is 4.79 Å². The maximum atomic E-state index is 12.3. The number of hydrogen-bond acceptors (Lipinski definition) is 4. The Balaban J connectivity index is 1.96. The van der Waals surface area contributed by atoms with Crippen LogP contribution in [-0.4, -0.2) is 23.1 Å². The number of aliphatic hydroxyl groups is 1. The van der Waals surface area contributed by atoms with Gasteiger partial charge in [0.05, 0.1) is 18.2 Å². The summed E-state index contributed by atoms with van der Waals surface area (Å²) < 4.78 is 5.19. The molecule has 0 radical (unpaired) electrons. The molecule has 5 nitrogen and oxygen atoms in total. The van der Waals surface area contributed by atoms with Crippen LogP contribution in [0.3, 0.4) is 0 Å². The second-order valence-electron chi connectivity index (χ2n) is 5.80. The zero-order chi connectivity index (χ0) is 19.3. The fourth-order valence-electron chi connectivity index (χ4n) is 2.29. The lowest BCUT2D eigenvalue weighted by atomic mass is 10.1. The van der Waals surface area contributed by atoms with Crippen molar-refractivity contribution in [3.8, 4) is 0 Å². The Kier molecular flexibility index (Phi) is 7.03. The molecule has 2 atom stereocenters. The standard InChI is InChI=1S/C19H19Cl2NO4/c1-11(16-8-7-15(20)9-17(16)21)22-18(24)12(2)26-19(25)14-5-3-13(10-23)4-6-14/h3-9,11-12,23H,10H2,1-2H3,(H,22,24)/t11-,12-/m0/s1. The third-order valence-corrected chi connectivity index (χ3v) is 4.38. The van der Waals surface area contributed by atoms with Crippen LogP contribution in [0.25, 0.3) is 0 Å². The first-order valence-electron chi connectivity index (χ1n) is 7.98. The van der Waals surface area contributed by atoms with Gasteiger partial charge in [-0.1, -0.05) is 41.4 Å². The van der Waals surface area contributed by atoms with Gasteiger partial charge in [-0.25, -0.2) is 4.79 Å². The van der Waals surface area contributed by atoms with Crippen molar-refractivity contribution in [3.05, 3.63) is 69.2 Å². The third kappa shape index (κ3) is 5.21. The summed E-state index contributed by atoms with van der Waals surface area (Å²) in [6, 6.07) is 10.9. The van der Waals surface area contributed by atoms with E-state index < -0.39 is 18.0 Å². The van der Waals surface area contributed by atoms with Gasteiger partial charge in [-0.05, 0) is 49.2 Å². The number of nitrogens with one attached hydrogen (secondary N) is 1. The van der Waals surface area contributed by atoms with Crippen LogP contribution in [0.1, 0.15) is 41.4 Å². The highest BCUT2D eigenvalue weighted by Gasteiger charge is 2.21. The van der Waals surface area contributed by atoms with Gasteiger partial charge in [0.1, 0.15) is 0 Å². The van der Waals surface area contributed by atoms with Crippen molar-refractivity contribution in [2.24, 2.45) is 0 Å². The van der Waals surface area contributed by atoms with E-state index in [1.165, 1.54) is 19.1 Å². The van der Waals surface area contributed by atoms with E-state index in [9.17, 15) is 9.59 Å².